The molecule has 6 heteroatoms. The Morgan fingerprint density at radius 2 is 1.59 bits per heavy atom. The molecule has 2 aliphatic rings. The molecule has 2 atom stereocenters. The molecule has 3 nitrogen and oxygen atoms in total. The zero-order valence-electron chi connectivity index (χ0n) is 16.1. The SMILES string of the molecule is O=C(c1ccccc1OC(F)(F)F)C1CC2CCCC(C1)N2Cc1ccccc1. The van der Waals surface area contributed by atoms with Gasteiger partial charge < -0.3 is 4.74 Å². The monoisotopic (exact) mass is 403 g/mol. The molecule has 0 aliphatic carbocycles. The summed E-state index contributed by atoms with van der Waals surface area (Å²) in [7, 11) is 0. The zero-order valence-corrected chi connectivity index (χ0v) is 16.1. The third-order valence-electron chi connectivity index (χ3n) is 6.08. The Morgan fingerprint density at radius 3 is 2.24 bits per heavy atom. The van der Waals surface area contributed by atoms with E-state index in [0.29, 0.717) is 12.8 Å². The number of ether oxygens (including phenoxy) is 1. The van der Waals surface area contributed by atoms with E-state index in [4.69, 9.17) is 0 Å². The Morgan fingerprint density at radius 1 is 0.966 bits per heavy atom. The van der Waals surface area contributed by atoms with Gasteiger partial charge in [0, 0.05) is 24.5 Å². The number of para-hydroxylation sites is 1. The van der Waals surface area contributed by atoms with Gasteiger partial charge in [-0.1, -0.05) is 48.9 Å². The second kappa shape index (κ2) is 8.19. The summed E-state index contributed by atoms with van der Waals surface area (Å²) < 4.78 is 42.3. The van der Waals surface area contributed by atoms with Gasteiger partial charge in [0.25, 0.3) is 0 Å². The topological polar surface area (TPSA) is 29.5 Å². The Balaban J connectivity index is 1.51. The van der Waals surface area contributed by atoms with Gasteiger partial charge in [-0.3, -0.25) is 9.69 Å². The van der Waals surface area contributed by atoms with Crippen molar-refractivity contribution in [3.63, 3.8) is 0 Å². The van der Waals surface area contributed by atoms with Crippen LogP contribution in [0.2, 0.25) is 0 Å². The molecule has 0 spiro atoms. The average Bonchev–Trinajstić information content (AvgIpc) is 2.67. The molecule has 0 aromatic heterocycles. The summed E-state index contributed by atoms with van der Waals surface area (Å²) in [6.07, 6.45) is -0.270. The van der Waals surface area contributed by atoms with Crippen LogP contribution in [0.3, 0.4) is 0 Å². The van der Waals surface area contributed by atoms with Crippen LogP contribution in [-0.4, -0.2) is 29.1 Å². The summed E-state index contributed by atoms with van der Waals surface area (Å²) in [6.45, 7) is 0.852. The van der Waals surface area contributed by atoms with Crippen LogP contribution in [0.1, 0.15) is 48.0 Å². The van der Waals surface area contributed by atoms with E-state index < -0.39 is 12.1 Å². The molecule has 0 N–H and O–H groups in total. The maximum atomic E-state index is 13.1. The van der Waals surface area contributed by atoms with Crippen molar-refractivity contribution in [2.75, 3.05) is 0 Å². The number of piperidine rings is 2. The van der Waals surface area contributed by atoms with Crippen LogP contribution < -0.4 is 4.74 Å². The summed E-state index contributed by atoms with van der Waals surface area (Å²) in [4.78, 5) is 15.6. The van der Waals surface area contributed by atoms with Gasteiger partial charge in [-0.05, 0) is 43.4 Å². The highest BCUT2D eigenvalue weighted by atomic mass is 19.4. The van der Waals surface area contributed by atoms with E-state index in [0.717, 1.165) is 25.8 Å². The molecule has 2 bridgehead atoms. The Bertz CT molecular complexity index is 839. The lowest BCUT2D eigenvalue weighted by Crippen LogP contribution is -2.52. The third kappa shape index (κ3) is 4.64. The number of ketones is 1. The number of hydrogen-bond donors (Lipinski definition) is 0. The number of carbonyl (C=O) groups excluding carboxylic acids is 1. The van der Waals surface area contributed by atoms with E-state index in [9.17, 15) is 18.0 Å². The smallest absolute Gasteiger partial charge is 0.405 e. The van der Waals surface area contributed by atoms with Gasteiger partial charge in [0.05, 0.1) is 5.56 Å². The molecule has 2 aromatic rings. The highest BCUT2D eigenvalue weighted by Gasteiger charge is 2.41. The number of Topliss-reactive ketones (excluding diaryl/α,β-unsaturated/α-hetero) is 1. The molecular formula is C23H24F3NO2. The Kier molecular flexibility index (Phi) is 5.63. The molecule has 2 saturated heterocycles. The number of benzene rings is 2. The van der Waals surface area contributed by atoms with E-state index in [1.54, 1.807) is 6.07 Å². The van der Waals surface area contributed by atoms with Crippen molar-refractivity contribution in [2.24, 2.45) is 5.92 Å². The number of halogens is 3. The lowest BCUT2D eigenvalue weighted by molar-refractivity contribution is -0.274. The minimum Gasteiger partial charge on any atom is -0.405 e. The predicted octanol–water partition coefficient (Wildman–Crippen LogP) is 5.60. The highest BCUT2D eigenvalue weighted by Crippen LogP contribution is 2.40. The van der Waals surface area contributed by atoms with Crippen LogP contribution in [0.4, 0.5) is 13.2 Å². The van der Waals surface area contributed by atoms with Crippen LogP contribution in [0.5, 0.6) is 5.75 Å². The lowest BCUT2D eigenvalue weighted by atomic mass is 9.75. The molecule has 2 aromatic carbocycles. The largest absolute Gasteiger partial charge is 0.573 e. The molecule has 2 fully saturated rings. The highest BCUT2D eigenvalue weighted by molar-refractivity contribution is 6.00. The van der Waals surface area contributed by atoms with Gasteiger partial charge in [-0.25, -0.2) is 0 Å². The fourth-order valence-corrected chi connectivity index (χ4v) is 4.85. The first-order chi connectivity index (χ1) is 13.9. The first-order valence-electron chi connectivity index (χ1n) is 10.1. The minimum atomic E-state index is -4.81. The second-order valence-electron chi connectivity index (χ2n) is 7.97. The first-order valence-corrected chi connectivity index (χ1v) is 10.1. The summed E-state index contributed by atoms with van der Waals surface area (Å²) in [5.41, 5.74) is 1.28. The molecule has 2 aliphatic heterocycles. The Labute approximate surface area is 168 Å². The average molecular weight is 403 g/mol. The molecule has 154 valence electrons. The van der Waals surface area contributed by atoms with E-state index in [1.807, 2.05) is 18.2 Å². The number of alkyl halides is 3. The van der Waals surface area contributed by atoms with Gasteiger partial charge in [0.1, 0.15) is 5.75 Å². The Hall–Kier alpha value is -2.34. The second-order valence-corrected chi connectivity index (χ2v) is 7.97. The van der Waals surface area contributed by atoms with E-state index in [1.165, 1.54) is 23.8 Å². The van der Waals surface area contributed by atoms with Gasteiger partial charge in [-0.15, -0.1) is 13.2 Å². The molecule has 0 radical (unpaired) electrons. The van der Waals surface area contributed by atoms with Crippen molar-refractivity contribution in [1.29, 1.82) is 0 Å². The first kappa shape index (κ1) is 20.0. The van der Waals surface area contributed by atoms with Crippen LogP contribution in [0.15, 0.2) is 54.6 Å². The van der Waals surface area contributed by atoms with E-state index in [-0.39, 0.29) is 29.3 Å². The van der Waals surface area contributed by atoms with Crippen LogP contribution in [-0.2, 0) is 6.54 Å². The number of carbonyl (C=O) groups is 1. The standard InChI is InChI=1S/C23H24F3NO2/c24-23(25,26)29-21-12-5-4-11-20(21)22(28)17-13-18-9-6-10-19(14-17)27(18)15-16-7-2-1-3-8-16/h1-5,7-8,11-12,17-19H,6,9-10,13-15H2. The number of fused-ring (bicyclic) bond motifs is 2. The van der Waals surface area contributed by atoms with Gasteiger partial charge in [0.2, 0.25) is 0 Å². The maximum absolute atomic E-state index is 13.1. The maximum Gasteiger partial charge on any atom is 0.573 e. The van der Waals surface area contributed by atoms with Crippen LogP contribution >= 0.6 is 0 Å². The van der Waals surface area contributed by atoms with Gasteiger partial charge >= 0.3 is 6.36 Å². The molecule has 0 amide bonds. The molecule has 4 rings (SSSR count). The molecule has 29 heavy (non-hydrogen) atoms. The van der Waals surface area contributed by atoms with Crippen LogP contribution in [0.25, 0.3) is 0 Å². The number of hydrogen-bond acceptors (Lipinski definition) is 3. The van der Waals surface area contributed by atoms with Gasteiger partial charge in [0.15, 0.2) is 5.78 Å². The normalized spacial score (nSPS) is 24.9. The van der Waals surface area contributed by atoms with Crippen molar-refractivity contribution in [3.05, 3.63) is 65.7 Å². The molecule has 2 unspecified atom stereocenters. The summed E-state index contributed by atoms with van der Waals surface area (Å²) >= 11 is 0. The quantitative estimate of drug-likeness (QED) is 0.609. The van der Waals surface area contributed by atoms with Crippen molar-refractivity contribution in [3.8, 4) is 5.75 Å². The van der Waals surface area contributed by atoms with Crippen molar-refractivity contribution < 1.29 is 22.7 Å². The predicted molar refractivity (Wildman–Crippen MR) is 104 cm³/mol. The molecule has 0 saturated carbocycles. The van der Waals surface area contributed by atoms with Crippen molar-refractivity contribution >= 4 is 5.78 Å². The summed E-state index contributed by atoms with van der Waals surface area (Å²) in [6, 6.07) is 16.5. The lowest BCUT2D eigenvalue weighted by Gasteiger charge is -2.48. The summed E-state index contributed by atoms with van der Waals surface area (Å²) in [5, 5.41) is 0. The van der Waals surface area contributed by atoms with Crippen LogP contribution in [0, 0.1) is 5.92 Å². The zero-order chi connectivity index (χ0) is 20.4. The minimum absolute atomic E-state index is 0.0319. The number of nitrogens with zero attached hydrogens (tertiary/aromatic N) is 1. The third-order valence-corrected chi connectivity index (χ3v) is 6.08. The fourth-order valence-electron chi connectivity index (χ4n) is 4.85. The molecule has 2 heterocycles. The van der Waals surface area contributed by atoms with E-state index >= 15 is 0 Å². The fraction of sp³-hybridized carbons (Fsp3) is 0.435. The van der Waals surface area contributed by atoms with Gasteiger partial charge in [-0.2, -0.15) is 0 Å². The van der Waals surface area contributed by atoms with E-state index in [2.05, 4.69) is 21.8 Å². The molecular weight excluding hydrogens is 379 g/mol. The number of rotatable bonds is 5. The summed E-state index contributed by atoms with van der Waals surface area (Å²) in [5.74, 6) is -0.904. The van der Waals surface area contributed by atoms with Crippen molar-refractivity contribution in [2.45, 2.75) is 57.1 Å². The van der Waals surface area contributed by atoms with Crippen molar-refractivity contribution in [1.82, 2.24) is 4.90 Å².